The maximum absolute atomic E-state index is 3.42. The minimum absolute atomic E-state index is 1.20. The van der Waals surface area contributed by atoms with E-state index in [4.69, 9.17) is 0 Å². The van der Waals surface area contributed by atoms with Crippen molar-refractivity contribution in [2.24, 2.45) is 0 Å². The van der Waals surface area contributed by atoms with Crippen LogP contribution in [0, 0.1) is 6.08 Å². The molecule has 1 heterocycles. The molecule has 1 aliphatic heterocycles. The van der Waals surface area contributed by atoms with Gasteiger partial charge in [0.1, 0.15) is 0 Å². The van der Waals surface area contributed by atoms with Crippen molar-refractivity contribution in [1.82, 2.24) is 0 Å². The quantitative estimate of drug-likeness (QED) is 0.546. The third-order valence-electron chi connectivity index (χ3n) is 1.81. The lowest BCUT2D eigenvalue weighted by Gasteiger charge is -1.89. The zero-order valence-electron chi connectivity index (χ0n) is 6.59. The molecule has 0 N–H and O–H groups in total. The van der Waals surface area contributed by atoms with Crippen LogP contribution in [0.1, 0.15) is 19.8 Å². The summed E-state index contributed by atoms with van der Waals surface area (Å²) >= 11 is 0. The van der Waals surface area contributed by atoms with Gasteiger partial charge in [-0.15, -0.1) is 0 Å². The SMILES string of the molecule is CCCC1=[C]C2=CC=CC2=P1. The van der Waals surface area contributed by atoms with Crippen LogP contribution in [0.25, 0.3) is 0 Å². The van der Waals surface area contributed by atoms with Gasteiger partial charge in [0.05, 0.1) is 0 Å². The fourth-order valence-corrected chi connectivity index (χ4v) is 2.51. The Hall–Kier alpha value is -0.610. The number of allylic oxidation sites excluding steroid dienone is 6. The first kappa shape index (κ1) is 7.06. The lowest BCUT2D eigenvalue weighted by Crippen LogP contribution is -1.82. The molecule has 0 aromatic carbocycles. The molecule has 55 valence electrons. The summed E-state index contributed by atoms with van der Waals surface area (Å²) in [4.78, 5) is 0. The van der Waals surface area contributed by atoms with Gasteiger partial charge in [-0.25, -0.2) is 0 Å². The van der Waals surface area contributed by atoms with E-state index in [1.165, 1.54) is 37.2 Å². The minimum atomic E-state index is 1.20. The Kier molecular flexibility index (Phi) is 1.79. The molecule has 0 aromatic heterocycles. The Morgan fingerprint density at radius 3 is 3.18 bits per heavy atom. The first-order chi connectivity index (χ1) is 5.40. The molecule has 1 radical (unpaired) electrons. The standard InChI is InChI=1S/C10H10P/c1-2-4-9-7-8-5-3-6-10(8)11-9/h3,5-6H,2,4H2,1H3. The van der Waals surface area contributed by atoms with Crippen molar-refractivity contribution in [2.75, 3.05) is 0 Å². The first-order valence-electron chi connectivity index (χ1n) is 4.00. The topological polar surface area (TPSA) is 0 Å². The minimum Gasteiger partial charge on any atom is -0.0651 e. The molecule has 0 nitrogen and oxygen atoms in total. The van der Waals surface area contributed by atoms with E-state index in [0.717, 1.165) is 0 Å². The van der Waals surface area contributed by atoms with Crippen LogP contribution in [0.5, 0.6) is 0 Å². The van der Waals surface area contributed by atoms with Crippen LogP contribution in [0.4, 0.5) is 0 Å². The fraction of sp³-hybridized carbons (Fsp3) is 0.300. The molecule has 11 heavy (non-hydrogen) atoms. The molecule has 0 amide bonds. The summed E-state index contributed by atoms with van der Waals surface area (Å²) in [5.41, 5.74) is 1.31. The van der Waals surface area contributed by atoms with E-state index in [2.05, 4.69) is 31.2 Å². The van der Waals surface area contributed by atoms with Gasteiger partial charge in [0.25, 0.3) is 0 Å². The van der Waals surface area contributed by atoms with E-state index in [0.29, 0.717) is 0 Å². The van der Waals surface area contributed by atoms with E-state index >= 15 is 0 Å². The molecule has 0 bridgehead atoms. The molecule has 2 rings (SSSR count). The van der Waals surface area contributed by atoms with Crippen molar-refractivity contribution in [3.05, 3.63) is 35.2 Å². The Balaban J connectivity index is 2.20. The average Bonchev–Trinajstić information content (AvgIpc) is 2.46. The second kappa shape index (κ2) is 2.79. The van der Waals surface area contributed by atoms with Gasteiger partial charge in [-0.1, -0.05) is 33.7 Å². The molecule has 0 fully saturated rings. The van der Waals surface area contributed by atoms with Crippen LogP contribution < -0.4 is 0 Å². The Morgan fingerprint density at radius 2 is 2.45 bits per heavy atom. The molecule has 0 aromatic rings. The van der Waals surface area contributed by atoms with Gasteiger partial charge in [0, 0.05) is 5.29 Å². The highest BCUT2D eigenvalue weighted by Crippen LogP contribution is 2.33. The van der Waals surface area contributed by atoms with Gasteiger partial charge in [0.15, 0.2) is 0 Å². The third-order valence-corrected chi connectivity index (χ3v) is 3.05. The summed E-state index contributed by atoms with van der Waals surface area (Å²) in [6.07, 6.45) is 12.3. The third kappa shape index (κ3) is 1.23. The van der Waals surface area contributed by atoms with Crippen molar-refractivity contribution < 1.29 is 0 Å². The monoisotopic (exact) mass is 161 g/mol. The lowest BCUT2D eigenvalue weighted by molar-refractivity contribution is 0.945. The molecular formula is C10H10P. The van der Waals surface area contributed by atoms with Crippen LogP contribution in [-0.2, 0) is 0 Å². The predicted molar refractivity (Wildman–Crippen MR) is 50.8 cm³/mol. The maximum atomic E-state index is 3.42. The van der Waals surface area contributed by atoms with Crippen LogP contribution in [0.15, 0.2) is 29.1 Å². The molecule has 1 aliphatic carbocycles. The van der Waals surface area contributed by atoms with Gasteiger partial charge in [-0.05, 0) is 29.5 Å². The zero-order valence-corrected chi connectivity index (χ0v) is 7.49. The smallest absolute Gasteiger partial charge is 0.00995 e. The van der Waals surface area contributed by atoms with Crippen molar-refractivity contribution >= 4 is 13.5 Å². The number of fused-ring (bicyclic) bond motifs is 1. The summed E-state index contributed by atoms with van der Waals surface area (Å²) < 4.78 is 0. The fourth-order valence-electron chi connectivity index (χ4n) is 1.30. The lowest BCUT2D eigenvalue weighted by atomic mass is 10.2. The summed E-state index contributed by atoms with van der Waals surface area (Å²) in [7, 11) is 1.39. The van der Waals surface area contributed by atoms with E-state index in [1.54, 1.807) is 0 Å². The highest BCUT2D eigenvalue weighted by Gasteiger charge is 2.12. The summed E-state index contributed by atoms with van der Waals surface area (Å²) in [5, 5.41) is 2.89. The largest absolute Gasteiger partial charge is 0.0651 e. The molecule has 2 aliphatic rings. The first-order valence-corrected chi connectivity index (χ1v) is 4.90. The van der Waals surface area contributed by atoms with Gasteiger partial charge in [-0.2, -0.15) is 0 Å². The van der Waals surface area contributed by atoms with Gasteiger partial charge in [-0.3, -0.25) is 0 Å². The molecule has 0 saturated carbocycles. The number of hydrogen-bond donors (Lipinski definition) is 0. The average molecular weight is 161 g/mol. The van der Waals surface area contributed by atoms with Gasteiger partial charge < -0.3 is 0 Å². The van der Waals surface area contributed by atoms with Crippen molar-refractivity contribution in [1.29, 1.82) is 0 Å². The Bertz CT molecular complexity index is 290. The Morgan fingerprint density at radius 1 is 1.55 bits per heavy atom. The molecule has 0 unspecified atom stereocenters. The molecular weight excluding hydrogens is 151 g/mol. The van der Waals surface area contributed by atoms with Crippen LogP contribution >= 0.6 is 8.20 Å². The van der Waals surface area contributed by atoms with E-state index in [9.17, 15) is 0 Å². The molecule has 0 atom stereocenters. The Labute approximate surface area is 69.1 Å². The number of hydrogen-bond acceptors (Lipinski definition) is 0. The zero-order chi connectivity index (χ0) is 7.68. The summed E-state index contributed by atoms with van der Waals surface area (Å²) in [5.74, 6) is 0. The van der Waals surface area contributed by atoms with Crippen molar-refractivity contribution in [2.45, 2.75) is 19.8 Å². The number of rotatable bonds is 2. The highest BCUT2D eigenvalue weighted by atomic mass is 31.1. The summed E-state index contributed by atoms with van der Waals surface area (Å²) in [6.45, 7) is 2.22. The molecule has 1 heteroatoms. The van der Waals surface area contributed by atoms with E-state index in [-0.39, 0.29) is 0 Å². The van der Waals surface area contributed by atoms with E-state index < -0.39 is 0 Å². The second-order valence-electron chi connectivity index (χ2n) is 2.76. The predicted octanol–water partition coefficient (Wildman–Crippen LogP) is 3.10. The van der Waals surface area contributed by atoms with Gasteiger partial charge in [0.2, 0.25) is 0 Å². The molecule has 0 spiro atoms. The second-order valence-corrected chi connectivity index (χ2v) is 4.00. The molecule has 0 saturated heterocycles. The van der Waals surface area contributed by atoms with Crippen molar-refractivity contribution in [3.8, 4) is 0 Å². The van der Waals surface area contributed by atoms with Gasteiger partial charge >= 0.3 is 0 Å². The van der Waals surface area contributed by atoms with Crippen LogP contribution in [0.2, 0.25) is 0 Å². The normalized spacial score (nSPS) is 21.0. The van der Waals surface area contributed by atoms with Crippen molar-refractivity contribution in [3.63, 3.8) is 0 Å². The van der Waals surface area contributed by atoms with Crippen LogP contribution in [0.3, 0.4) is 0 Å². The highest BCUT2D eigenvalue weighted by molar-refractivity contribution is 7.47. The maximum Gasteiger partial charge on any atom is 0.00995 e. The van der Waals surface area contributed by atoms with E-state index in [1.807, 2.05) is 0 Å². The summed E-state index contributed by atoms with van der Waals surface area (Å²) in [6, 6.07) is 0. The van der Waals surface area contributed by atoms with Crippen LogP contribution in [-0.4, -0.2) is 5.29 Å².